The molecule has 1 unspecified atom stereocenters. The van der Waals surface area contributed by atoms with Crippen LogP contribution in [0.1, 0.15) is 12.8 Å². The molecule has 1 aliphatic heterocycles. The summed E-state index contributed by atoms with van der Waals surface area (Å²) in [4.78, 5) is 4.56. The van der Waals surface area contributed by atoms with Crippen LogP contribution < -0.4 is 0 Å². The molecule has 1 heterocycles. The summed E-state index contributed by atoms with van der Waals surface area (Å²) in [6.07, 6.45) is 7.98. The lowest BCUT2D eigenvalue weighted by atomic mass is 10.2. The molecule has 8 heteroatoms. The fraction of sp³-hybridized carbons (Fsp3) is 0.583. The maximum absolute atomic E-state index is 10.3. The van der Waals surface area contributed by atoms with Gasteiger partial charge in [0, 0.05) is 45.7 Å². The lowest BCUT2D eigenvalue weighted by Gasteiger charge is -2.35. The van der Waals surface area contributed by atoms with E-state index in [1.165, 1.54) is 0 Å². The molecule has 0 bridgehead atoms. The molecular formula is C24H40N2O6. The number of hydrogen-bond acceptors (Lipinski definition) is 8. The third-order valence-corrected chi connectivity index (χ3v) is 5.11. The molecule has 1 fully saturated rings. The van der Waals surface area contributed by atoms with E-state index in [1.54, 1.807) is 40.8 Å². The van der Waals surface area contributed by atoms with Crippen molar-refractivity contribution < 1.29 is 28.8 Å². The fourth-order valence-corrected chi connectivity index (χ4v) is 3.28. The quantitative estimate of drug-likeness (QED) is 0.218. The summed E-state index contributed by atoms with van der Waals surface area (Å²) >= 11 is 0. The molecule has 1 aliphatic rings. The van der Waals surface area contributed by atoms with Gasteiger partial charge in [-0.1, -0.05) is 12.7 Å². The van der Waals surface area contributed by atoms with Gasteiger partial charge in [0.25, 0.3) is 0 Å². The Kier molecular flexibility index (Phi) is 14.0. The van der Waals surface area contributed by atoms with Crippen LogP contribution in [-0.2, 0) is 23.7 Å². The van der Waals surface area contributed by atoms with E-state index in [0.29, 0.717) is 23.8 Å². The summed E-state index contributed by atoms with van der Waals surface area (Å²) in [5.74, 6) is 2.39. The Morgan fingerprint density at radius 2 is 1.66 bits per heavy atom. The number of piperazine rings is 1. The van der Waals surface area contributed by atoms with Crippen molar-refractivity contribution in [2.45, 2.75) is 18.9 Å². The van der Waals surface area contributed by atoms with E-state index in [9.17, 15) is 5.11 Å². The summed E-state index contributed by atoms with van der Waals surface area (Å²) in [6.45, 7) is 12.5. The predicted octanol–water partition coefficient (Wildman–Crippen LogP) is 2.66. The number of ether oxygens (including phenoxy) is 5. The molecule has 0 aliphatic carbocycles. The maximum atomic E-state index is 10.3. The molecule has 8 nitrogen and oxygen atoms in total. The molecule has 1 rings (SSSR count). The Bertz CT molecular complexity index is 651. The zero-order valence-electron chi connectivity index (χ0n) is 20.0. The monoisotopic (exact) mass is 452 g/mol. The van der Waals surface area contributed by atoms with Crippen LogP contribution in [0.3, 0.4) is 0 Å². The third-order valence-electron chi connectivity index (χ3n) is 5.11. The van der Waals surface area contributed by atoms with Gasteiger partial charge in [-0.3, -0.25) is 9.80 Å². The van der Waals surface area contributed by atoms with Gasteiger partial charge in [-0.2, -0.15) is 0 Å². The Morgan fingerprint density at radius 1 is 0.969 bits per heavy atom. The number of methoxy groups -OCH3 is 4. The zero-order valence-corrected chi connectivity index (χ0v) is 20.0. The van der Waals surface area contributed by atoms with Crippen molar-refractivity contribution >= 4 is 0 Å². The van der Waals surface area contributed by atoms with Crippen molar-refractivity contribution in [1.82, 2.24) is 9.80 Å². The SMILES string of the molecule is C=CCC/C(=C/OCC(O)CN1CCN(C/C=C(OC)/C(OC)=C(\C=C)OC)CC1)OC. The standard InChI is InChI=1S/C24H40N2O6/c1-7-9-10-21(28-3)19-32-18-20(27)17-26-15-13-25(14-16-26)12-11-23(30-5)24(31-6)22(8-2)29-4/h7-8,11,19-20,27H,1-2,9-10,12-18H2,3-6H3/b21-19-,23-11-,24-22-. The predicted molar refractivity (Wildman–Crippen MR) is 126 cm³/mol. The smallest absolute Gasteiger partial charge is 0.202 e. The molecule has 0 aromatic heterocycles. The van der Waals surface area contributed by atoms with Crippen LogP contribution in [0, 0.1) is 0 Å². The summed E-state index contributed by atoms with van der Waals surface area (Å²) < 4.78 is 26.9. The Hall–Kier alpha value is -2.42. The van der Waals surface area contributed by atoms with Crippen LogP contribution >= 0.6 is 0 Å². The average molecular weight is 453 g/mol. The minimum Gasteiger partial charge on any atom is -0.498 e. The molecule has 1 N–H and O–H groups in total. The highest BCUT2D eigenvalue weighted by atomic mass is 16.5. The van der Waals surface area contributed by atoms with Gasteiger partial charge in [-0.05, 0) is 18.6 Å². The van der Waals surface area contributed by atoms with Gasteiger partial charge in [0.05, 0.1) is 28.4 Å². The molecule has 0 radical (unpaired) electrons. The number of allylic oxidation sites excluding steroid dienone is 3. The van der Waals surface area contributed by atoms with E-state index in [0.717, 1.165) is 51.3 Å². The van der Waals surface area contributed by atoms with E-state index in [2.05, 4.69) is 23.0 Å². The van der Waals surface area contributed by atoms with Crippen molar-refractivity contribution in [1.29, 1.82) is 0 Å². The molecule has 1 saturated heterocycles. The molecule has 0 amide bonds. The highest BCUT2D eigenvalue weighted by Gasteiger charge is 2.20. The van der Waals surface area contributed by atoms with Gasteiger partial charge in [-0.15, -0.1) is 6.58 Å². The van der Waals surface area contributed by atoms with Crippen LogP contribution in [0.15, 0.2) is 60.7 Å². The Labute approximate surface area is 193 Å². The second-order valence-electron chi connectivity index (χ2n) is 7.28. The largest absolute Gasteiger partial charge is 0.498 e. The molecular weight excluding hydrogens is 412 g/mol. The number of nitrogens with zero attached hydrogens (tertiary/aromatic N) is 2. The van der Waals surface area contributed by atoms with E-state index in [-0.39, 0.29) is 6.61 Å². The van der Waals surface area contributed by atoms with Crippen LogP contribution in [0.2, 0.25) is 0 Å². The molecule has 0 spiro atoms. The lowest BCUT2D eigenvalue weighted by molar-refractivity contribution is 0.0336. The van der Waals surface area contributed by atoms with E-state index >= 15 is 0 Å². The van der Waals surface area contributed by atoms with Crippen LogP contribution in [0.4, 0.5) is 0 Å². The van der Waals surface area contributed by atoms with E-state index in [4.69, 9.17) is 23.7 Å². The molecule has 1 atom stereocenters. The van der Waals surface area contributed by atoms with Crippen molar-refractivity contribution in [3.63, 3.8) is 0 Å². The van der Waals surface area contributed by atoms with Crippen molar-refractivity contribution in [2.75, 3.05) is 74.3 Å². The van der Waals surface area contributed by atoms with E-state index in [1.807, 2.05) is 12.2 Å². The average Bonchev–Trinajstić information content (AvgIpc) is 2.81. The number of aliphatic hydroxyl groups excluding tert-OH is 1. The maximum Gasteiger partial charge on any atom is 0.202 e. The van der Waals surface area contributed by atoms with Gasteiger partial charge in [0.2, 0.25) is 5.76 Å². The second kappa shape index (κ2) is 16.2. The number of β-amino-alcohol motifs (C(OH)–C–C–N with tert-alkyl or cyclic N) is 1. The van der Waals surface area contributed by atoms with Crippen molar-refractivity contribution in [2.24, 2.45) is 0 Å². The Balaban J connectivity index is 2.46. The van der Waals surface area contributed by atoms with Crippen LogP contribution in [-0.4, -0.2) is 95.3 Å². The first-order valence-corrected chi connectivity index (χ1v) is 10.8. The molecule has 182 valence electrons. The Morgan fingerprint density at radius 3 is 2.19 bits per heavy atom. The topological polar surface area (TPSA) is 72.9 Å². The minimum absolute atomic E-state index is 0.234. The summed E-state index contributed by atoms with van der Waals surface area (Å²) in [5, 5.41) is 10.3. The van der Waals surface area contributed by atoms with Gasteiger partial charge in [0.1, 0.15) is 24.7 Å². The van der Waals surface area contributed by atoms with Crippen LogP contribution in [0.5, 0.6) is 0 Å². The normalized spacial score (nSPS) is 17.8. The lowest BCUT2D eigenvalue weighted by Crippen LogP contribution is -2.49. The highest BCUT2D eigenvalue weighted by Crippen LogP contribution is 2.18. The molecule has 0 aromatic rings. The second-order valence-corrected chi connectivity index (χ2v) is 7.28. The van der Waals surface area contributed by atoms with Gasteiger partial charge < -0.3 is 28.8 Å². The number of aliphatic hydroxyl groups is 1. The summed E-state index contributed by atoms with van der Waals surface area (Å²) in [6, 6.07) is 0. The summed E-state index contributed by atoms with van der Waals surface area (Å²) in [7, 11) is 6.36. The molecule has 32 heavy (non-hydrogen) atoms. The van der Waals surface area contributed by atoms with Crippen molar-refractivity contribution in [3.8, 4) is 0 Å². The minimum atomic E-state index is -0.559. The zero-order chi connectivity index (χ0) is 23.8. The fourth-order valence-electron chi connectivity index (χ4n) is 3.28. The third kappa shape index (κ3) is 9.80. The molecule has 0 saturated carbocycles. The first-order chi connectivity index (χ1) is 15.5. The first kappa shape index (κ1) is 27.6. The van der Waals surface area contributed by atoms with Crippen molar-refractivity contribution in [3.05, 3.63) is 60.7 Å². The highest BCUT2D eigenvalue weighted by molar-refractivity contribution is 5.28. The summed E-state index contributed by atoms with van der Waals surface area (Å²) in [5.41, 5.74) is 0. The number of rotatable bonds is 16. The van der Waals surface area contributed by atoms with Gasteiger partial charge in [0.15, 0.2) is 11.5 Å². The van der Waals surface area contributed by atoms with E-state index < -0.39 is 6.10 Å². The molecule has 0 aromatic carbocycles. The van der Waals surface area contributed by atoms with Gasteiger partial charge in [-0.25, -0.2) is 0 Å². The van der Waals surface area contributed by atoms with Gasteiger partial charge >= 0.3 is 0 Å². The van der Waals surface area contributed by atoms with Crippen LogP contribution in [0.25, 0.3) is 0 Å². The first-order valence-electron chi connectivity index (χ1n) is 10.8. The number of hydrogen-bond donors (Lipinski definition) is 1.